The highest BCUT2D eigenvalue weighted by Gasteiger charge is 2.14. The molecular formula is C11H10N2O3S2. The summed E-state index contributed by atoms with van der Waals surface area (Å²) in [5.41, 5.74) is 2.09. The summed E-state index contributed by atoms with van der Waals surface area (Å²) in [6.45, 7) is 2.40. The third kappa shape index (κ3) is 2.74. The number of carboxylic acid groups (broad SMARTS) is 1. The van der Waals surface area contributed by atoms with Crippen LogP contribution < -0.4 is 5.32 Å². The molecule has 18 heavy (non-hydrogen) atoms. The third-order valence-corrected chi connectivity index (χ3v) is 4.07. The van der Waals surface area contributed by atoms with E-state index in [1.165, 1.54) is 5.38 Å². The van der Waals surface area contributed by atoms with E-state index in [0.717, 1.165) is 22.5 Å². The number of carbonyl (C=O) groups excluding carboxylic acids is 1. The van der Waals surface area contributed by atoms with Crippen LogP contribution in [0.5, 0.6) is 0 Å². The number of hydrogen-bond donors (Lipinski definition) is 2. The molecule has 7 heteroatoms. The number of amides is 1. The van der Waals surface area contributed by atoms with Crippen molar-refractivity contribution in [1.29, 1.82) is 0 Å². The number of aryl methyl sites for hydroxylation is 1. The van der Waals surface area contributed by atoms with Crippen molar-refractivity contribution in [3.8, 4) is 0 Å². The van der Waals surface area contributed by atoms with Gasteiger partial charge in [0, 0.05) is 11.9 Å². The first-order valence-corrected chi connectivity index (χ1v) is 6.89. The van der Waals surface area contributed by atoms with Crippen molar-refractivity contribution in [2.75, 3.05) is 0 Å². The highest BCUT2D eigenvalue weighted by atomic mass is 32.1. The zero-order valence-corrected chi connectivity index (χ0v) is 11.1. The third-order valence-electron chi connectivity index (χ3n) is 2.32. The van der Waals surface area contributed by atoms with Crippen LogP contribution in [0.1, 0.15) is 31.4 Å². The molecule has 2 aromatic rings. The van der Waals surface area contributed by atoms with Gasteiger partial charge in [0.05, 0.1) is 0 Å². The minimum Gasteiger partial charge on any atom is -0.476 e. The number of carboxylic acids is 1. The molecule has 0 atom stereocenters. The molecule has 2 N–H and O–H groups in total. The zero-order valence-electron chi connectivity index (χ0n) is 9.47. The minimum absolute atomic E-state index is 0.100. The quantitative estimate of drug-likeness (QED) is 0.900. The number of aromatic carboxylic acids is 1. The second kappa shape index (κ2) is 5.28. The van der Waals surface area contributed by atoms with Gasteiger partial charge in [0.2, 0.25) is 0 Å². The van der Waals surface area contributed by atoms with Crippen LogP contribution in [0.25, 0.3) is 0 Å². The minimum atomic E-state index is -1.13. The molecule has 94 valence electrons. The summed E-state index contributed by atoms with van der Waals surface area (Å²) in [5, 5.41) is 16.9. The second-order valence-electron chi connectivity index (χ2n) is 3.61. The lowest BCUT2D eigenvalue weighted by atomic mass is 10.2. The van der Waals surface area contributed by atoms with Gasteiger partial charge in [-0.15, -0.1) is 11.3 Å². The smallest absolute Gasteiger partial charge is 0.355 e. The number of thiazole rings is 1. The van der Waals surface area contributed by atoms with Crippen LogP contribution in [-0.2, 0) is 6.54 Å². The SMILES string of the molecule is Cc1cscc1CNC(=O)c1nc(C(=O)O)cs1. The van der Waals surface area contributed by atoms with Gasteiger partial charge in [-0.3, -0.25) is 4.79 Å². The van der Waals surface area contributed by atoms with E-state index in [2.05, 4.69) is 10.3 Å². The molecule has 2 heterocycles. The van der Waals surface area contributed by atoms with Crippen molar-refractivity contribution < 1.29 is 14.7 Å². The van der Waals surface area contributed by atoms with Gasteiger partial charge < -0.3 is 10.4 Å². The van der Waals surface area contributed by atoms with E-state index >= 15 is 0 Å². The zero-order chi connectivity index (χ0) is 13.1. The summed E-state index contributed by atoms with van der Waals surface area (Å²) < 4.78 is 0. The number of carbonyl (C=O) groups is 2. The van der Waals surface area contributed by atoms with E-state index in [1.807, 2.05) is 17.7 Å². The van der Waals surface area contributed by atoms with E-state index < -0.39 is 5.97 Å². The largest absolute Gasteiger partial charge is 0.476 e. The molecule has 2 rings (SSSR count). The van der Waals surface area contributed by atoms with Crippen LogP contribution in [0.2, 0.25) is 0 Å². The lowest BCUT2D eigenvalue weighted by Gasteiger charge is -2.02. The molecular weight excluding hydrogens is 272 g/mol. The molecule has 0 unspecified atom stereocenters. The molecule has 0 spiro atoms. The first-order valence-electron chi connectivity index (χ1n) is 5.06. The standard InChI is InChI=1S/C11H10N2O3S2/c1-6-3-17-4-7(6)2-12-9(14)10-13-8(5-18-10)11(15)16/h3-5H,2H2,1H3,(H,12,14)(H,15,16). The van der Waals surface area contributed by atoms with E-state index in [4.69, 9.17) is 5.11 Å². The Morgan fingerprint density at radius 3 is 2.72 bits per heavy atom. The fraction of sp³-hybridized carbons (Fsp3) is 0.182. The molecule has 0 bridgehead atoms. The Balaban J connectivity index is 1.99. The Morgan fingerprint density at radius 1 is 1.39 bits per heavy atom. The van der Waals surface area contributed by atoms with Gasteiger partial charge in [-0.05, 0) is 28.8 Å². The Bertz CT molecular complexity index is 589. The molecule has 0 aliphatic heterocycles. The molecule has 0 aromatic carbocycles. The van der Waals surface area contributed by atoms with Gasteiger partial charge in [0.25, 0.3) is 5.91 Å². The van der Waals surface area contributed by atoms with Crippen LogP contribution in [0.4, 0.5) is 0 Å². The molecule has 0 saturated carbocycles. The first kappa shape index (κ1) is 12.7. The molecule has 1 amide bonds. The van der Waals surface area contributed by atoms with Crippen LogP contribution >= 0.6 is 22.7 Å². The van der Waals surface area contributed by atoms with Crippen LogP contribution in [0.15, 0.2) is 16.1 Å². The summed E-state index contributed by atoms with van der Waals surface area (Å²) in [5.74, 6) is -1.47. The molecule has 0 aliphatic carbocycles. The van der Waals surface area contributed by atoms with Crippen LogP contribution in [0, 0.1) is 6.92 Å². The van der Waals surface area contributed by atoms with E-state index in [-0.39, 0.29) is 16.6 Å². The number of hydrogen-bond acceptors (Lipinski definition) is 5. The highest BCUT2D eigenvalue weighted by Crippen LogP contribution is 2.14. The van der Waals surface area contributed by atoms with Crippen molar-refractivity contribution in [2.24, 2.45) is 0 Å². The summed E-state index contributed by atoms with van der Waals surface area (Å²) >= 11 is 2.61. The molecule has 0 aliphatic rings. The average Bonchev–Trinajstić information content (AvgIpc) is 2.94. The van der Waals surface area contributed by atoms with Gasteiger partial charge in [-0.2, -0.15) is 11.3 Å². The Hall–Kier alpha value is -1.73. The maximum atomic E-state index is 11.7. The Labute approximate surface area is 111 Å². The number of thiophene rings is 1. The molecule has 2 aromatic heterocycles. The molecule has 0 fully saturated rings. The molecule has 0 saturated heterocycles. The number of aromatic nitrogens is 1. The van der Waals surface area contributed by atoms with Crippen LogP contribution in [-0.4, -0.2) is 22.0 Å². The summed E-state index contributed by atoms with van der Waals surface area (Å²) in [4.78, 5) is 26.1. The normalized spacial score (nSPS) is 10.3. The molecule has 5 nitrogen and oxygen atoms in total. The van der Waals surface area contributed by atoms with Crippen molar-refractivity contribution in [3.63, 3.8) is 0 Å². The van der Waals surface area contributed by atoms with Crippen molar-refractivity contribution in [1.82, 2.24) is 10.3 Å². The second-order valence-corrected chi connectivity index (χ2v) is 5.21. The maximum Gasteiger partial charge on any atom is 0.355 e. The van der Waals surface area contributed by atoms with Crippen molar-refractivity contribution >= 4 is 34.6 Å². The predicted molar refractivity (Wildman–Crippen MR) is 69.3 cm³/mol. The van der Waals surface area contributed by atoms with E-state index in [0.29, 0.717) is 6.54 Å². The van der Waals surface area contributed by atoms with Gasteiger partial charge in [-0.1, -0.05) is 0 Å². The lowest BCUT2D eigenvalue weighted by molar-refractivity contribution is 0.0691. The number of nitrogens with zero attached hydrogens (tertiary/aromatic N) is 1. The van der Waals surface area contributed by atoms with E-state index in [9.17, 15) is 9.59 Å². The highest BCUT2D eigenvalue weighted by molar-refractivity contribution is 7.11. The predicted octanol–water partition coefficient (Wildman–Crippen LogP) is 2.14. The van der Waals surface area contributed by atoms with Gasteiger partial charge in [0.15, 0.2) is 10.7 Å². The maximum absolute atomic E-state index is 11.7. The van der Waals surface area contributed by atoms with Crippen molar-refractivity contribution in [2.45, 2.75) is 13.5 Å². The van der Waals surface area contributed by atoms with Gasteiger partial charge in [-0.25, -0.2) is 9.78 Å². The van der Waals surface area contributed by atoms with Gasteiger partial charge in [0.1, 0.15) is 0 Å². The Morgan fingerprint density at radius 2 is 2.17 bits per heavy atom. The summed E-state index contributed by atoms with van der Waals surface area (Å²) in [6, 6.07) is 0. The fourth-order valence-electron chi connectivity index (χ4n) is 1.30. The Kier molecular flexibility index (Phi) is 3.73. The fourth-order valence-corrected chi connectivity index (χ4v) is 2.86. The molecule has 0 radical (unpaired) electrons. The monoisotopic (exact) mass is 282 g/mol. The number of nitrogens with one attached hydrogen (secondary N) is 1. The average molecular weight is 282 g/mol. The summed E-state index contributed by atoms with van der Waals surface area (Å²) in [6.07, 6.45) is 0. The first-order chi connectivity index (χ1) is 8.58. The van der Waals surface area contributed by atoms with Gasteiger partial charge >= 0.3 is 5.97 Å². The summed E-state index contributed by atoms with van der Waals surface area (Å²) in [7, 11) is 0. The topological polar surface area (TPSA) is 79.3 Å². The van der Waals surface area contributed by atoms with Crippen LogP contribution in [0.3, 0.4) is 0 Å². The van der Waals surface area contributed by atoms with E-state index in [1.54, 1.807) is 11.3 Å². The van der Waals surface area contributed by atoms with Crippen molar-refractivity contribution in [3.05, 3.63) is 38.0 Å². The number of rotatable bonds is 4. The lowest BCUT2D eigenvalue weighted by Crippen LogP contribution is -2.22.